The monoisotopic (exact) mass is 318 g/mol. The van der Waals surface area contributed by atoms with Crippen LogP contribution in [0.4, 0.5) is 0 Å². The van der Waals surface area contributed by atoms with Crippen molar-refractivity contribution in [1.29, 1.82) is 0 Å². The van der Waals surface area contributed by atoms with Gasteiger partial charge in [-0.15, -0.1) is 23.1 Å². The molecule has 0 atom stereocenters. The van der Waals surface area contributed by atoms with Gasteiger partial charge in [0.25, 0.3) is 0 Å². The van der Waals surface area contributed by atoms with Crippen molar-refractivity contribution >= 4 is 50.6 Å². The Kier molecular flexibility index (Phi) is 4.14. The first-order valence-electron chi connectivity index (χ1n) is 4.36. The van der Waals surface area contributed by atoms with E-state index in [0.717, 1.165) is 10.8 Å². The van der Waals surface area contributed by atoms with E-state index in [1.165, 1.54) is 14.2 Å². The van der Waals surface area contributed by atoms with Gasteiger partial charge in [0.2, 0.25) is 0 Å². The number of rotatable bonds is 3. The Balaban J connectivity index is 1.99. The van der Waals surface area contributed by atoms with Gasteiger partial charge in [0.1, 0.15) is 0 Å². The van der Waals surface area contributed by atoms with E-state index in [9.17, 15) is 0 Å². The molecule has 1 aromatic heterocycles. The first-order chi connectivity index (χ1) is 7.25. The molecule has 0 aliphatic heterocycles. The molecule has 0 unspecified atom stereocenters. The molecule has 0 aliphatic carbocycles. The van der Waals surface area contributed by atoms with E-state index in [2.05, 4.69) is 39.5 Å². The lowest BCUT2D eigenvalue weighted by Crippen LogP contribution is -1.75. The van der Waals surface area contributed by atoms with E-state index in [0.29, 0.717) is 0 Å². The fraction of sp³-hybridized carbons (Fsp3) is 0.0909. The number of hydrogen-bond acceptors (Lipinski definition) is 2. The molecular weight excluding hydrogens is 312 g/mol. The second-order valence-electron chi connectivity index (χ2n) is 2.93. The molecule has 4 heteroatoms. The van der Waals surface area contributed by atoms with Crippen molar-refractivity contribution in [3.63, 3.8) is 0 Å². The third-order valence-electron chi connectivity index (χ3n) is 1.87. The van der Waals surface area contributed by atoms with Crippen molar-refractivity contribution < 1.29 is 0 Å². The van der Waals surface area contributed by atoms with Gasteiger partial charge in [-0.2, -0.15) is 0 Å². The Hall–Kier alpha value is 0.0400. The molecule has 2 aromatic rings. The van der Waals surface area contributed by atoms with Crippen LogP contribution in [0.15, 0.2) is 45.1 Å². The van der Waals surface area contributed by atoms with Crippen molar-refractivity contribution in [2.24, 2.45) is 0 Å². The molecule has 0 nitrogen and oxygen atoms in total. The Morgan fingerprint density at radius 1 is 1.20 bits per heavy atom. The zero-order chi connectivity index (χ0) is 10.7. The van der Waals surface area contributed by atoms with Gasteiger partial charge in [0, 0.05) is 25.0 Å². The third-order valence-corrected chi connectivity index (χ3v) is 5.27. The maximum absolute atomic E-state index is 5.82. The van der Waals surface area contributed by atoms with Gasteiger partial charge < -0.3 is 0 Å². The molecule has 0 radical (unpaired) electrons. The van der Waals surface area contributed by atoms with Crippen LogP contribution in [-0.2, 0) is 5.75 Å². The van der Waals surface area contributed by atoms with E-state index in [1.54, 1.807) is 11.3 Å². The topological polar surface area (TPSA) is 0 Å². The summed E-state index contributed by atoms with van der Waals surface area (Å²) in [5, 5.41) is 2.89. The second-order valence-corrected chi connectivity index (χ2v) is 6.27. The molecular formula is C11H8BrClS2. The van der Waals surface area contributed by atoms with Crippen molar-refractivity contribution in [3.8, 4) is 0 Å². The minimum atomic E-state index is 0.789. The molecule has 1 heterocycles. The van der Waals surface area contributed by atoms with Gasteiger partial charge in [0.15, 0.2) is 0 Å². The predicted octanol–water partition coefficient (Wildman–Crippen LogP) is 5.46. The number of benzene rings is 1. The van der Waals surface area contributed by atoms with Crippen LogP contribution in [0.25, 0.3) is 0 Å². The van der Waals surface area contributed by atoms with E-state index in [4.69, 9.17) is 11.6 Å². The first-order valence-corrected chi connectivity index (χ1v) is 7.39. The highest BCUT2D eigenvalue weighted by atomic mass is 79.9. The summed E-state index contributed by atoms with van der Waals surface area (Å²) in [7, 11) is 0. The Labute approximate surface area is 111 Å². The SMILES string of the molecule is Clc1ccc(SCc2sccc2Br)cc1. The molecule has 0 aliphatic rings. The highest BCUT2D eigenvalue weighted by Crippen LogP contribution is 2.30. The maximum Gasteiger partial charge on any atom is 0.0406 e. The van der Waals surface area contributed by atoms with Crippen LogP contribution in [0.2, 0.25) is 5.02 Å². The number of hydrogen-bond donors (Lipinski definition) is 0. The lowest BCUT2D eigenvalue weighted by Gasteiger charge is -2.00. The van der Waals surface area contributed by atoms with E-state index in [1.807, 2.05) is 23.9 Å². The Morgan fingerprint density at radius 3 is 2.53 bits per heavy atom. The fourth-order valence-corrected chi connectivity index (χ4v) is 3.93. The Morgan fingerprint density at radius 2 is 1.93 bits per heavy atom. The largest absolute Gasteiger partial charge is 0.147 e. The smallest absolute Gasteiger partial charge is 0.0406 e. The molecule has 0 saturated heterocycles. The van der Waals surface area contributed by atoms with Gasteiger partial charge in [-0.25, -0.2) is 0 Å². The van der Waals surface area contributed by atoms with Crippen molar-refractivity contribution in [2.45, 2.75) is 10.6 Å². The van der Waals surface area contributed by atoms with Crippen LogP contribution < -0.4 is 0 Å². The van der Waals surface area contributed by atoms with Gasteiger partial charge in [-0.1, -0.05) is 11.6 Å². The highest BCUT2D eigenvalue weighted by Gasteiger charge is 2.02. The third kappa shape index (κ3) is 3.25. The van der Waals surface area contributed by atoms with Crippen molar-refractivity contribution in [2.75, 3.05) is 0 Å². The molecule has 0 fully saturated rings. The van der Waals surface area contributed by atoms with Crippen LogP contribution in [0, 0.1) is 0 Å². The average molecular weight is 320 g/mol. The zero-order valence-electron chi connectivity index (χ0n) is 7.74. The first kappa shape index (κ1) is 11.5. The minimum absolute atomic E-state index is 0.789. The minimum Gasteiger partial charge on any atom is -0.147 e. The summed E-state index contributed by atoms with van der Waals surface area (Å²) in [6.45, 7) is 0. The quantitative estimate of drug-likeness (QED) is 0.677. The normalized spacial score (nSPS) is 10.5. The van der Waals surface area contributed by atoms with Gasteiger partial charge >= 0.3 is 0 Å². The maximum atomic E-state index is 5.82. The fourth-order valence-electron chi connectivity index (χ4n) is 1.11. The molecule has 15 heavy (non-hydrogen) atoms. The summed E-state index contributed by atoms with van der Waals surface area (Å²) in [6.07, 6.45) is 0. The Bertz CT molecular complexity index is 436. The lowest BCUT2D eigenvalue weighted by molar-refractivity contribution is 1.42. The summed E-state index contributed by atoms with van der Waals surface area (Å²) in [5.41, 5.74) is 0. The zero-order valence-corrected chi connectivity index (χ0v) is 11.7. The van der Waals surface area contributed by atoms with Gasteiger partial charge in [-0.05, 0) is 51.6 Å². The molecule has 1 aromatic carbocycles. The highest BCUT2D eigenvalue weighted by molar-refractivity contribution is 9.10. The van der Waals surface area contributed by atoms with Crippen molar-refractivity contribution in [3.05, 3.63) is 50.1 Å². The number of thioether (sulfide) groups is 1. The van der Waals surface area contributed by atoms with Crippen LogP contribution >= 0.6 is 50.6 Å². The van der Waals surface area contributed by atoms with Gasteiger partial charge in [-0.3, -0.25) is 0 Å². The molecule has 0 spiro atoms. The van der Waals surface area contributed by atoms with E-state index >= 15 is 0 Å². The number of halogens is 2. The van der Waals surface area contributed by atoms with Crippen LogP contribution in [-0.4, -0.2) is 0 Å². The van der Waals surface area contributed by atoms with Crippen LogP contribution in [0.5, 0.6) is 0 Å². The molecule has 78 valence electrons. The molecule has 2 rings (SSSR count). The number of thiophene rings is 1. The summed E-state index contributed by atoms with van der Waals surface area (Å²) in [5.74, 6) is 1.000. The standard InChI is InChI=1S/C11H8BrClS2/c12-10-5-6-14-11(10)7-15-9-3-1-8(13)2-4-9/h1-6H,7H2. The molecule has 0 N–H and O–H groups in total. The molecule has 0 saturated carbocycles. The van der Waals surface area contributed by atoms with Crippen molar-refractivity contribution in [1.82, 2.24) is 0 Å². The van der Waals surface area contributed by atoms with E-state index < -0.39 is 0 Å². The molecule has 0 bridgehead atoms. The summed E-state index contributed by atoms with van der Waals surface area (Å²) < 4.78 is 1.20. The average Bonchev–Trinajstić information content (AvgIpc) is 2.63. The van der Waals surface area contributed by atoms with Crippen LogP contribution in [0.3, 0.4) is 0 Å². The van der Waals surface area contributed by atoms with Crippen LogP contribution in [0.1, 0.15) is 4.88 Å². The summed E-state index contributed by atoms with van der Waals surface area (Å²) in [6, 6.07) is 10.0. The predicted molar refractivity (Wildman–Crippen MR) is 73.0 cm³/mol. The second kappa shape index (κ2) is 5.39. The summed E-state index contributed by atoms with van der Waals surface area (Å²) >= 11 is 13.0. The van der Waals surface area contributed by atoms with E-state index in [-0.39, 0.29) is 0 Å². The molecule has 0 amide bonds. The van der Waals surface area contributed by atoms with Gasteiger partial charge in [0.05, 0.1) is 0 Å². The lowest BCUT2D eigenvalue weighted by atomic mass is 10.4. The summed E-state index contributed by atoms with van der Waals surface area (Å²) in [4.78, 5) is 2.62.